The van der Waals surface area contributed by atoms with Gasteiger partial charge in [-0.25, -0.2) is 9.37 Å². The summed E-state index contributed by atoms with van der Waals surface area (Å²) in [5.74, 6) is -0.735. The second-order valence-electron chi connectivity index (χ2n) is 8.50. The summed E-state index contributed by atoms with van der Waals surface area (Å²) in [6.07, 6.45) is 2.51. The molecule has 1 aliphatic carbocycles. The summed E-state index contributed by atoms with van der Waals surface area (Å²) in [4.78, 5) is 35.6. The number of carbonyl (C=O) groups excluding carboxylic acids is 2. The summed E-state index contributed by atoms with van der Waals surface area (Å²) in [6.45, 7) is 2.27. The molecule has 0 spiro atoms. The van der Waals surface area contributed by atoms with E-state index in [2.05, 4.69) is 10.3 Å². The van der Waals surface area contributed by atoms with Gasteiger partial charge in [0.05, 0.1) is 17.3 Å². The molecule has 0 bridgehead atoms. The number of piperazine rings is 1. The lowest BCUT2D eigenvalue weighted by Crippen LogP contribution is -2.50. The second kappa shape index (κ2) is 9.72. The fourth-order valence-corrected chi connectivity index (χ4v) is 5.77. The van der Waals surface area contributed by atoms with Gasteiger partial charge in [-0.05, 0) is 55.7 Å². The molecule has 2 amide bonds. The number of aromatic nitrogens is 1. The van der Waals surface area contributed by atoms with Crippen LogP contribution in [0.15, 0.2) is 48.5 Å². The first-order chi connectivity index (χ1) is 16.5. The Morgan fingerprint density at radius 2 is 1.79 bits per heavy atom. The third-order valence-corrected chi connectivity index (χ3v) is 7.66. The van der Waals surface area contributed by atoms with Crippen LogP contribution in [-0.4, -0.2) is 47.9 Å². The van der Waals surface area contributed by atoms with Gasteiger partial charge in [0.15, 0.2) is 5.13 Å². The molecule has 0 saturated carbocycles. The molecular weight excluding hydrogens is 475 g/mol. The molecule has 2 aromatic carbocycles. The van der Waals surface area contributed by atoms with E-state index < -0.39 is 0 Å². The molecule has 1 aliphatic heterocycles. The van der Waals surface area contributed by atoms with Gasteiger partial charge in [0.25, 0.3) is 5.91 Å². The van der Waals surface area contributed by atoms with Crippen LogP contribution in [0.3, 0.4) is 0 Å². The maximum Gasteiger partial charge on any atom is 0.257 e. The van der Waals surface area contributed by atoms with E-state index in [1.807, 2.05) is 15.9 Å². The predicted molar refractivity (Wildman–Crippen MR) is 132 cm³/mol. The van der Waals surface area contributed by atoms with Crippen LogP contribution in [0, 0.1) is 5.82 Å². The number of thiazole rings is 1. The van der Waals surface area contributed by atoms with Crippen LogP contribution in [0.4, 0.5) is 15.2 Å². The average molecular weight is 499 g/mol. The summed E-state index contributed by atoms with van der Waals surface area (Å²) >= 11 is 7.34. The van der Waals surface area contributed by atoms with Crippen LogP contribution in [0.5, 0.6) is 0 Å². The van der Waals surface area contributed by atoms with Gasteiger partial charge >= 0.3 is 0 Å². The Kier molecular flexibility index (Phi) is 6.52. The zero-order valence-corrected chi connectivity index (χ0v) is 20.0. The monoisotopic (exact) mass is 498 g/mol. The molecule has 9 heteroatoms. The van der Waals surface area contributed by atoms with Gasteiger partial charge in [-0.1, -0.05) is 23.7 Å². The van der Waals surface area contributed by atoms with Crippen molar-refractivity contribution in [3.63, 3.8) is 0 Å². The molecule has 2 heterocycles. The first kappa shape index (κ1) is 22.8. The number of carbonyl (C=O) groups is 2. The molecule has 176 valence electrons. The lowest BCUT2D eigenvalue weighted by atomic mass is 9.89. The number of halogens is 2. The number of hydrogen-bond acceptors (Lipinski definition) is 5. The molecule has 0 radical (unpaired) electrons. The van der Waals surface area contributed by atoms with Gasteiger partial charge in [-0.15, -0.1) is 11.3 Å². The van der Waals surface area contributed by atoms with E-state index in [9.17, 15) is 14.0 Å². The quantitative estimate of drug-likeness (QED) is 0.552. The normalized spacial score (nSPS) is 17.9. The van der Waals surface area contributed by atoms with Gasteiger partial charge in [0, 0.05) is 41.6 Å². The molecule has 1 atom stereocenters. The molecule has 1 saturated heterocycles. The minimum atomic E-state index is -0.304. The van der Waals surface area contributed by atoms with Crippen LogP contribution in [0.2, 0.25) is 5.02 Å². The number of para-hydroxylation sites is 1. The van der Waals surface area contributed by atoms with E-state index in [1.54, 1.807) is 36.4 Å². The van der Waals surface area contributed by atoms with Crippen molar-refractivity contribution < 1.29 is 14.0 Å². The number of anilines is 2. The van der Waals surface area contributed by atoms with E-state index in [0.29, 0.717) is 47.6 Å². The number of amides is 2. The summed E-state index contributed by atoms with van der Waals surface area (Å²) in [6, 6.07) is 13.4. The maximum absolute atomic E-state index is 14.1. The summed E-state index contributed by atoms with van der Waals surface area (Å²) in [7, 11) is 0. The minimum Gasteiger partial charge on any atom is -0.366 e. The maximum atomic E-state index is 14.1. The number of hydrogen-bond donors (Lipinski definition) is 1. The molecule has 1 fully saturated rings. The third-order valence-electron chi connectivity index (χ3n) is 6.36. The summed E-state index contributed by atoms with van der Waals surface area (Å²) < 4.78 is 14.1. The van der Waals surface area contributed by atoms with Crippen LogP contribution in [-0.2, 0) is 11.2 Å². The standard InChI is InChI=1S/C25H24ClFN4O2S/c26-17-10-8-16(9-11-17)23(32)29-25-28-22-18(4-3-7-21(22)34-25)24(33)31-14-12-30(13-15-31)20-6-2-1-5-19(20)27/h1-2,5-6,8-11,18H,3-4,7,12-15H2,(H,28,29,32). The number of nitrogens with zero attached hydrogens (tertiary/aromatic N) is 3. The predicted octanol–water partition coefficient (Wildman–Crippen LogP) is 4.96. The molecule has 34 heavy (non-hydrogen) atoms. The second-order valence-corrected chi connectivity index (χ2v) is 10.0. The molecule has 1 aromatic heterocycles. The summed E-state index contributed by atoms with van der Waals surface area (Å²) in [5.41, 5.74) is 1.86. The van der Waals surface area contributed by atoms with Crippen molar-refractivity contribution in [3.05, 3.63) is 75.5 Å². The fraction of sp³-hybridized carbons (Fsp3) is 0.320. The van der Waals surface area contributed by atoms with Crippen molar-refractivity contribution >= 4 is 45.6 Å². The highest BCUT2D eigenvalue weighted by Crippen LogP contribution is 2.38. The number of rotatable bonds is 4. The molecular formula is C25H24ClFN4O2S. The Hall–Kier alpha value is -2.97. The molecule has 5 rings (SSSR count). The molecule has 3 aromatic rings. The van der Waals surface area contributed by atoms with E-state index in [-0.39, 0.29) is 23.5 Å². The smallest absolute Gasteiger partial charge is 0.257 e. The van der Waals surface area contributed by atoms with E-state index in [0.717, 1.165) is 29.8 Å². The molecule has 6 nitrogen and oxygen atoms in total. The average Bonchev–Trinajstić information content (AvgIpc) is 3.27. The van der Waals surface area contributed by atoms with Crippen molar-refractivity contribution in [3.8, 4) is 0 Å². The molecule has 2 aliphatic rings. The number of nitrogens with one attached hydrogen (secondary N) is 1. The highest BCUT2D eigenvalue weighted by atomic mass is 35.5. The van der Waals surface area contributed by atoms with Crippen molar-refractivity contribution in [2.75, 3.05) is 36.4 Å². The fourth-order valence-electron chi connectivity index (χ4n) is 4.58. The Labute approximate surface area is 206 Å². The lowest BCUT2D eigenvalue weighted by molar-refractivity contribution is -0.133. The highest BCUT2D eigenvalue weighted by molar-refractivity contribution is 7.16. The first-order valence-corrected chi connectivity index (χ1v) is 12.5. The number of fused-ring (bicyclic) bond motifs is 1. The number of aryl methyl sites for hydroxylation is 1. The molecule has 1 N–H and O–H groups in total. The first-order valence-electron chi connectivity index (χ1n) is 11.3. The van der Waals surface area contributed by atoms with E-state index >= 15 is 0 Å². The van der Waals surface area contributed by atoms with Crippen molar-refractivity contribution in [1.29, 1.82) is 0 Å². The lowest BCUT2D eigenvalue weighted by Gasteiger charge is -2.38. The Morgan fingerprint density at radius 3 is 2.53 bits per heavy atom. The van der Waals surface area contributed by atoms with Crippen molar-refractivity contribution in [2.24, 2.45) is 0 Å². The van der Waals surface area contributed by atoms with Gasteiger partial charge in [-0.3, -0.25) is 14.9 Å². The SMILES string of the molecule is O=C(Nc1nc2c(s1)CCCC2C(=O)N1CCN(c2ccccc2F)CC1)c1ccc(Cl)cc1. The largest absolute Gasteiger partial charge is 0.366 e. The third kappa shape index (κ3) is 4.65. The van der Waals surface area contributed by atoms with Crippen LogP contribution in [0.1, 0.15) is 39.7 Å². The topological polar surface area (TPSA) is 65.5 Å². The number of benzene rings is 2. The Morgan fingerprint density at radius 1 is 1.06 bits per heavy atom. The Bertz CT molecular complexity index is 1210. The van der Waals surface area contributed by atoms with Gasteiger partial charge < -0.3 is 9.80 Å². The minimum absolute atomic E-state index is 0.0648. The van der Waals surface area contributed by atoms with E-state index in [1.165, 1.54) is 17.4 Å². The van der Waals surface area contributed by atoms with Gasteiger partial charge in [0.1, 0.15) is 5.82 Å². The van der Waals surface area contributed by atoms with Gasteiger partial charge in [-0.2, -0.15) is 0 Å². The zero-order valence-electron chi connectivity index (χ0n) is 18.5. The van der Waals surface area contributed by atoms with Crippen LogP contribution >= 0.6 is 22.9 Å². The highest BCUT2D eigenvalue weighted by Gasteiger charge is 2.34. The molecule has 1 unspecified atom stereocenters. The van der Waals surface area contributed by atoms with Crippen molar-refractivity contribution in [1.82, 2.24) is 9.88 Å². The summed E-state index contributed by atoms with van der Waals surface area (Å²) in [5, 5.41) is 3.94. The van der Waals surface area contributed by atoms with Crippen LogP contribution in [0.25, 0.3) is 0 Å². The Balaban J connectivity index is 1.26. The van der Waals surface area contributed by atoms with Gasteiger partial charge in [0.2, 0.25) is 5.91 Å². The van der Waals surface area contributed by atoms with Crippen LogP contribution < -0.4 is 10.2 Å². The zero-order chi connectivity index (χ0) is 23.7. The van der Waals surface area contributed by atoms with E-state index in [4.69, 9.17) is 11.6 Å². The van der Waals surface area contributed by atoms with Crippen molar-refractivity contribution in [2.45, 2.75) is 25.2 Å².